The van der Waals surface area contributed by atoms with Crippen molar-refractivity contribution in [3.05, 3.63) is 64.8 Å². The number of hydrogen-bond acceptors (Lipinski definition) is 5. The number of aliphatic imine (C=N–C) groups is 1. The van der Waals surface area contributed by atoms with Gasteiger partial charge in [0.25, 0.3) is 0 Å². The number of methoxy groups -OCH3 is 1. The number of carbonyl (C=O) groups is 1. The first-order valence-corrected chi connectivity index (χ1v) is 8.16. The molecule has 26 heavy (non-hydrogen) atoms. The minimum atomic E-state index is -0.188. The minimum Gasteiger partial charge on any atom is -0.504 e. The summed E-state index contributed by atoms with van der Waals surface area (Å²) in [5.41, 5.74) is 2.57. The van der Waals surface area contributed by atoms with E-state index in [1.807, 2.05) is 12.1 Å². The van der Waals surface area contributed by atoms with Crippen LogP contribution >= 0.6 is 11.6 Å². The number of carbonyl (C=O) groups excluding carboxylic acids is 1. The number of ketones is 1. The molecular weight excluding hydrogens is 354 g/mol. The summed E-state index contributed by atoms with van der Waals surface area (Å²) in [5.74, 6) is 0.209. The third-order valence-corrected chi connectivity index (χ3v) is 3.95. The Bertz CT molecular complexity index is 949. The topological polar surface area (TPSA) is 87.6 Å². The fourth-order valence-electron chi connectivity index (χ4n) is 2.34. The van der Waals surface area contributed by atoms with E-state index >= 15 is 0 Å². The quantitative estimate of drug-likeness (QED) is 0.511. The first kappa shape index (κ1) is 17.7. The Kier molecular flexibility index (Phi) is 5.34. The molecule has 0 aliphatic rings. The van der Waals surface area contributed by atoms with Crippen LogP contribution in [-0.4, -0.2) is 41.0 Å². The maximum Gasteiger partial charge on any atom is 0.201 e. The fraction of sp³-hybridized carbons (Fsp3) is 0.105. The van der Waals surface area contributed by atoms with Crippen molar-refractivity contribution in [2.45, 2.75) is 0 Å². The van der Waals surface area contributed by atoms with Crippen LogP contribution in [0.25, 0.3) is 11.3 Å². The molecule has 0 aliphatic heterocycles. The number of H-pyrrole nitrogens is 1. The largest absolute Gasteiger partial charge is 0.504 e. The van der Waals surface area contributed by atoms with Gasteiger partial charge in [-0.15, -0.1) is 0 Å². The Morgan fingerprint density at radius 2 is 2.04 bits per heavy atom. The zero-order chi connectivity index (χ0) is 18.5. The Balaban J connectivity index is 1.65. The smallest absolute Gasteiger partial charge is 0.201 e. The van der Waals surface area contributed by atoms with Crippen LogP contribution < -0.4 is 4.74 Å². The summed E-state index contributed by atoms with van der Waals surface area (Å²) in [6, 6.07) is 13.8. The number of benzene rings is 2. The molecule has 7 heteroatoms. The molecule has 0 radical (unpaired) electrons. The van der Waals surface area contributed by atoms with Crippen LogP contribution in [0.3, 0.4) is 0 Å². The molecule has 0 bridgehead atoms. The molecule has 0 saturated carbocycles. The number of phenols is 1. The molecule has 6 nitrogen and oxygen atoms in total. The van der Waals surface area contributed by atoms with E-state index in [2.05, 4.69) is 15.2 Å². The maximum absolute atomic E-state index is 12.2. The number of aromatic amines is 1. The van der Waals surface area contributed by atoms with Gasteiger partial charge in [-0.3, -0.25) is 14.9 Å². The summed E-state index contributed by atoms with van der Waals surface area (Å²) in [7, 11) is 1.48. The Labute approximate surface area is 155 Å². The van der Waals surface area contributed by atoms with E-state index in [0.29, 0.717) is 27.7 Å². The molecule has 132 valence electrons. The summed E-state index contributed by atoms with van der Waals surface area (Å²) >= 11 is 5.87. The predicted octanol–water partition coefficient (Wildman–Crippen LogP) is 3.75. The molecule has 0 amide bonds. The van der Waals surface area contributed by atoms with Gasteiger partial charge in [0.2, 0.25) is 5.78 Å². The van der Waals surface area contributed by atoms with Gasteiger partial charge in [-0.25, -0.2) is 0 Å². The first-order valence-electron chi connectivity index (χ1n) is 7.78. The molecule has 1 aromatic heterocycles. The first-order chi connectivity index (χ1) is 12.6. The van der Waals surface area contributed by atoms with Crippen molar-refractivity contribution in [2.24, 2.45) is 4.99 Å². The molecule has 0 spiro atoms. The normalized spacial score (nSPS) is 11.0. The van der Waals surface area contributed by atoms with Crippen LogP contribution in [0.4, 0.5) is 0 Å². The number of rotatable bonds is 6. The van der Waals surface area contributed by atoms with E-state index in [1.165, 1.54) is 19.4 Å². The van der Waals surface area contributed by atoms with Crippen LogP contribution in [0, 0.1) is 0 Å². The molecule has 1 heterocycles. The standard InChI is InChI=1S/C19H16ClN3O3/c1-26-19-7-2-12(8-17(19)24)10-21-11-18(25)16-9-15(22-23-16)13-3-5-14(20)6-4-13/h2-10,24H,11H2,1H3,(H,22,23). The Morgan fingerprint density at radius 1 is 1.27 bits per heavy atom. The van der Waals surface area contributed by atoms with E-state index in [9.17, 15) is 9.90 Å². The lowest BCUT2D eigenvalue weighted by Crippen LogP contribution is -2.04. The highest BCUT2D eigenvalue weighted by Crippen LogP contribution is 2.25. The summed E-state index contributed by atoms with van der Waals surface area (Å²) in [6.07, 6.45) is 1.52. The van der Waals surface area contributed by atoms with Gasteiger partial charge in [0.05, 0.1) is 12.8 Å². The van der Waals surface area contributed by atoms with Gasteiger partial charge in [0, 0.05) is 16.8 Å². The molecule has 3 aromatic rings. The minimum absolute atomic E-state index is 0.0175. The van der Waals surface area contributed by atoms with Crippen molar-refractivity contribution in [1.82, 2.24) is 10.2 Å². The molecule has 0 unspecified atom stereocenters. The maximum atomic E-state index is 12.2. The van der Waals surface area contributed by atoms with Crippen molar-refractivity contribution in [3.63, 3.8) is 0 Å². The van der Waals surface area contributed by atoms with Gasteiger partial charge in [-0.2, -0.15) is 5.10 Å². The Morgan fingerprint density at radius 3 is 2.73 bits per heavy atom. The third kappa shape index (κ3) is 4.10. The van der Waals surface area contributed by atoms with E-state index < -0.39 is 0 Å². The second kappa shape index (κ2) is 7.84. The number of phenolic OH excluding ortho intramolecular Hbond substituents is 1. The number of ether oxygens (including phenoxy) is 1. The number of aromatic nitrogens is 2. The monoisotopic (exact) mass is 369 g/mol. The summed E-state index contributed by atoms with van der Waals surface area (Å²) in [6.45, 7) is -0.0327. The van der Waals surface area contributed by atoms with Gasteiger partial charge >= 0.3 is 0 Å². The van der Waals surface area contributed by atoms with Crippen LogP contribution in [0.2, 0.25) is 5.02 Å². The molecule has 0 atom stereocenters. The predicted molar refractivity (Wildman–Crippen MR) is 100 cm³/mol. The lowest BCUT2D eigenvalue weighted by Gasteiger charge is -2.02. The zero-order valence-corrected chi connectivity index (χ0v) is 14.7. The molecule has 0 aliphatic carbocycles. The number of Topliss-reactive ketones (excluding diaryl/α,β-unsaturated/α-hetero) is 1. The highest BCUT2D eigenvalue weighted by molar-refractivity contribution is 6.30. The zero-order valence-electron chi connectivity index (χ0n) is 13.9. The van der Waals surface area contributed by atoms with Gasteiger partial charge < -0.3 is 9.84 Å². The highest BCUT2D eigenvalue weighted by Gasteiger charge is 2.10. The summed E-state index contributed by atoms with van der Waals surface area (Å²) in [4.78, 5) is 16.3. The average molecular weight is 370 g/mol. The molecule has 0 fully saturated rings. The lowest BCUT2D eigenvalue weighted by atomic mass is 10.1. The summed E-state index contributed by atoms with van der Waals surface area (Å²) < 4.78 is 4.98. The SMILES string of the molecule is COc1ccc(C=NCC(=O)c2cc(-c3ccc(Cl)cc3)n[nH]2)cc1O. The van der Waals surface area contributed by atoms with Crippen molar-refractivity contribution >= 4 is 23.6 Å². The van der Waals surface area contributed by atoms with E-state index in [-0.39, 0.29) is 18.1 Å². The van der Waals surface area contributed by atoms with Gasteiger partial charge in [0.1, 0.15) is 12.2 Å². The number of nitrogens with zero attached hydrogens (tertiary/aromatic N) is 2. The van der Waals surface area contributed by atoms with E-state index in [0.717, 1.165) is 5.56 Å². The van der Waals surface area contributed by atoms with E-state index in [4.69, 9.17) is 16.3 Å². The van der Waals surface area contributed by atoms with Crippen molar-refractivity contribution < 1.29 is 14.6 Å². The van der Waals surface area contributed by atoms with Crippen LogP contribution in [0.1, 0.15) is 16.1 Å². The fourth-order valence-corrected chi connectivity index (χ4v) is 2.47. The van der Waals surface area contributed by atoms with Gasteiger partial charge in [-0.05, 0) is 42.0 Å². The number of aromatic hydroxyl groups is 1. The molecular formula is C19H16ClN3O3. The Hall–Kier alpha value is -3.12. The van der Waals surface area contributed by atoms with Crippen LogP contribution in [0.5, 0.6) is 11.5 Å². The number of hydrogen-bond donors (Lipinski definition) is 2. The number of halogens is 1. The molecule has 2 N–H and O–H groups in total. The number of nitrogens with one attached hydrogen (secondary N) is 1. The average Bonchev–Trinajstić information content (AvgIpc) is 3.12. The molecule has 2 aromatic carbocycles. The van der Waals surface area contributed by atoms with Crippen LogP contribution in [-0.2, 0) is 0 Å². The lowest BCUT2D eigenvalue weighted by molar-refractivity contribution is 0.0997. The second-order valence-electron chi connectivity index (χ2n) is 5.50. The molecule has 3 rings (SSSR count). The van der Waals surface area contributed by atoms with Gasteiger partial charge in [-0.1, -0.05) is 23.7 Å². The summed E-state index contributed by atoms with van der Waals surface area (Å²) in [5, 5.41) is 17.2. The second-order valence-corrected chi connectivity index (χ2v) is 5.93. The van der Waals surface area contributed by atoms with Gasteiger partial charge in [0.15, 0.2) is 11.5 Å². The van der Waals surface area contributed by atoms with Crippen molar-refractivity contribution in [1.29, 1.82) is 0 Å². The van der Waals surface area contributed by atoms with Crippen molar-refractivity contribution in [2.75, 3.05) is 13.7 Å². The highest BCUT2D eigenvalue weighted by atomic mass is 35.5. The third-order valence-electron chi connectivity index (χ3n) is 3.70. The van der Waals surface area contributed by atoms with E-state index in [1.54, 1.807) is 30.3 Å². The molecule has 0 saturated heterocycles. The van der Waals surface area contributed by atoms with Crippen LogP contribution in [0.15, 0.2) is 53.5 Å². The van der Waals surface area contributed by atoms with Crippen molar-refractivity contribution in [3.8, 4) is 22.8 Å².